The zero-order chi connectivity index (χ0) is 21.9. The van der Waals surface area contributed by atoms with Crippen LogP contribution in [-0.4, -0.2) is 4.57 Å². The van der Waals surface area contributed by atoms with E-state index in [-0.39, 0.29) is 0 Å². The van der Waals surface area contributed by atoms with Gasteiger partial charge >= 0.3 is 0 Å². The van der Waals surface area contributed by atoms with Crippen molar-refractivity contribution < 1.29 is 4.42 Å². The average molecular weight is 444 g/mol. The minimum atomic E-state index is 0.714. The summed E-state index contributed by atoms with van der Waals surface area (Å²) in [7, 11) is 0. The molecule has 7 rings (SSSR count). The van der Waals surface area contributed by atoms with Crippen LogP contribution >= 0.6 is 11.6 Å². The molecule has 156 valence electrons. The minimum absolute atomic E-state index is 0.714. The third-order valence-corrected chi connectivity index (χ3v) is 6.69. The summed E-state index contributed by atoms with van der Waals surface area (Å²) in [6.07, 6.45) is 0. The molecule has 0 N–H and O–H groups in total. The molecule has 0 radical (unpaired) electrons. The van der Waals surface area contributed by atoms with Crippen LogP contribution < -0.4 is 0 Å². The van der Waals surface area contributed by atoms with Gasteiger partial charge in [-0.05, 0) is 71.8 Å². The van der Waals surface area contributed by atoms with E-state index in [0.717, 1.165) is 27.5 Å². The van der Waals surface area contributed by atoms with Crippen LogP contribution in [0.3, 0.4) is 0 Å². The van der Waals surface area contributed by atoms with Gasteiger partial charge in [0.2, 0.25) is 0 Å². The maximum absolute atomic E-state index is 6.26. The fourth-order valence-corrected chi connectivity index (χ4v) is 5.11. The second kappa shape index (κ2) is 6.99. The van der Waals surface area contributed by atoms with Gasteiger partial charge < -0.3 is 8.98 Å². The molecule has 0 unspecified atom stereocenters. The molecule has 0 saturated heterocycles. The molecule has 2 aromatic heterocycles. The van der Waals surface area contributed by atoms with Crippen molar-refractivity contribution in [2.45, 2.75) is 0 Å². The van der Waals surface area contributed by atoms with E-state index in [1.165, 1.54) is 33.1 Å². The monoisotopic (exact) mass is 443 g/mol. The molecule has 0 amide bonds. The minimum Gasteiger partial charge on any atom is -0.456 e. The van der Waals surface area contributed by atoms with Crippen molar-refractivity contribution in [2.75, 3.05) is 0 Å². The van der Waals surface area contributed by atoms with Crippen molar-refractivity contribution in [1.29, 1.82) is 0 Å². The first-order chi connectivity index (χ1) is 16.3. The quantitative estimate of drug-likeness (QED) is 0.260. The Labute approximate surface area is 195 Å². The Morgan fingerprint density at radius 2 is 1.15 bits per heavy atom. The van der Waals surface area contributed by atoms with E-state index >= 15 is 0 Å². The molecule has 0 spiro atoms. The third-order valence-electron chi connectivity index (χ3n) is 6.45. The van der Waals surface area contributed by atoms with Crippen molar-refractivity contribution in [3.63, 3.8) is 0 Å². The molecular formula is C30H18ClNO. The second-order valence-corrected chi connectivity index (χ2v) is 8.81. The van der Waals surface area contributed by atoms with Crippen LogP contribution in [0.15, 0.2) is 114 Å². The van der Waals surface area contributed by atoms with Crippen molar-refractivity contribution in [3.8, 4) is 16.8 Å². The molecule has 0 atom stereocenters. The third kappa shape index (κ3) is 2.81. The molecule has 2 heterocycles. The van der Waals surface area contributed by atoms with E-state index in [2.05, 4.69) is 95.6 Å². The molecule has 3 heteroatoms. The summed E-state index contributed by atoms with van der Waals surface area (Å²) in [5.74, 6) is 0. The van der Waals surface area contributed by atoms with E-state index in [9.17, 15) is 0 Å². The Morgan fingerprint density at radius 1 is 0.515 bits per heavy atom. The van der Waals surface area contributed by atoms with Crippen LogP contribution in [0.5, 0.6) is 0 Å². The molecule has 0 fully saturated rings. The lowest BCUT2D eigenvalue weighted by atomic mass is 10.0. The first kappa shape index (κ1) is 18.6. The maximum atomic E-state index is 6.26. The van der Waals surface area contributed by atoms with Crippen LogP contribution in [0, 0.1) is 0 Å². The first-order valence-corrected chi connectivity index (χ1v) is 11.3. The predicted molar refractivity (Wildman–Crippen MR) is 139 cm³/mol. The van der Waals surface area contributed by atoms with Gasteiger partial charge in [0.15, 0.2) is 0 Å². The standard InChI is InChI=1S/C30H18ClNO/c31-21-12-15-30-26(18-21)25-17-20(11-14-29(25)33-30)19-10-13-28-24(16-19)23-8-4-5-9-27(23)32(28)22-6-2-1-3-7-22/h1-18H. The fourth-order valence-electron chi connectivity index (χ4n) is 4.94. The first-order valence-electron chi connectivity index (χ1n) is 11.0. The SMILES string of the molecule is Clc1ccc2oc3ccc(-c4ccc5c(c4)c4ccccc4n5-c4ccccc4)cc3c2c1. The topological polar surface area (TPSA) is 18.1 Å². The number of halogens is 1. The number of aromatic nitrogens is 1. The van der Waals surface area contributed by atoms with Crippen molar-refractivity contribution >= 4 is 55.3 Å². The summed E-state index contributed by atoms with van der Waals surface area (Å²) >= 11 is 6.26. The number of hydrogen-bond acceptors (Lipinski definition) is 1. The molecule has 0 aliphatic heterocycles. The number of fused-ring (bicyclic) bond motifs is 6. The number of rotatable bonds is 2. The smallest absolute Gasteiger partial charge is 0.135 e. The van der Waals surface area contributed by atoms with Gasteiger partial charge in [-0.2, -0.15) is 0 Å². The lowest BCUT2D eigenvalue weighted by Crippen LogP contribution is -1.92. The second-order valence-electron chi connectivity index (χ2n) is 8.37. The summed E-state index contributed by atoms with van der Waals surface area (Å²) in [6, 6.07) is 38.0. The van der Waals surface area contributed by atoms with Crippen molar-refractivity contribution in [1.82, 2.24) is 4.57 Å². The van der Waals surface area contributed by atoms with Crippen LogP contribution in [0.2, 0.25) is 5.02 Å². The number of hydrogen-bond donors (Lipinski definition) is 0. The van der Waals surface area contributed by atoms with Gasteiger partial charge in [0, 0.05) is 32.3 Å². The van der Waals surface area contributed by atoms with E-state index in [4.69, 9.17) is 16.0 Å². The highest BCUT2D eigenvalue weighted by atomic mass is 35.5. The summed E-state index contributed by atoms with van der Waals surface area (Å²) in [5, 5.41) is 5.33. The summed E-state index contributed by atoms with van der Waals surface area (Å²) in [4.78, 5) is 0. The molecule has 0 aliphatic carbocycles. The van der Waals surface area contributed by atoms with Crippen LogP contribution in [0.4, 0.5) is 0 Å². The Hall–Kier alpha value is -4.01. The molecule has 0 aliphatic rings. The Balaban J connectivity index is 1.48. The number of para-hydroxylation sites is 2. The highest BCUT2D eigenvalue weighted by molar-refractivity contribution is 6.31. The van der Waals surface area contributed by atoms with Gasteiger partial charge in [0.05, 0.1) is 11.0 Å². The molecule has 2 nitrogen and oxygen atoms in total. The van der Waals surface area contributed by atoms with Gasteiger partial charge in [-0.1, -0.05) is 60.1 Å². The predicted octanol–water partition coefficient (Wildman–Crippen LogP) is 9.00. The average Bonchev–Trinajstić information content (AvgIpc) is 3.39. The van der Waals surface area contributed by atoms with Gasteiger partial charge in [-0.25, -0.2) is 0 Å². The molecular weight excluding hydrogens is 426 g/mol. The Kier molecular flexibility index (Phi) is 3.93. The molecule has 0 saturated carbocycles. The molecule has 0 bridgehead atoms. The lowest BCUT2D eigenvalue weighted by Gasteiger charge is -2.08. The van der Waals surface area contributed by atoms with E-state index in [1.54, 1.807) is 0 Å². The van der Waals surface area contributed by atoms with Crippen LogP contribution in [-0.2, 0) is 0 Å². The normalized spacial score (nSPS) is 11.8. The highest BCUT2D eigenvalue weighted by Gasteiger charge is 2.14. The maximum Gasteiger partial charge on any atom is 0.135 e. The number of nitrogens with zero attached hydrogens (tertiary/aromatic N) is 1. The van der Waals surface area contributed by atoms with Gasteiger partial charge in [0.25, 0.3) is 0 Å². The van der Waals surface area contributed by atoms with Crippen molar-refractivity contribution in [2.24, 2.45) is 0 Å². The lowest BCUT2D eigenvalue weighted by molar-refractivity contribution is 0.669. The van der Waals surface area contributed by atoms with Crippen LogP contribution in [0.1, 0.15) is 0 Å². The Bertz CT molecular complexity index is 1830. The number of furan rings is 1. The van der Waals surface area contributed by atoms with E-state index in [1.807, 2.05) is 18.2 Å². The fraction of sp³-hybridized carbons (Fsp3) is 0. The highest BCUT2D eigenvalue weighted by Crippen LogP contribution is 2.37. The van der Waals surface area contributed by atoms with E-state index in [0.29, 0.717) is 5.02 Å². The van der Waals surface area contributed by atoms with Gasteiger partial charge in [0.1, 0.15) is 11.2 Å². The summed E-state index contributed by atoms with van der Waals surface area (Å²) in [6.45, 7) is 0. The van der Waals surface area contributed by atoms with Crippen LogP contribution in [0.25, 0.3) is 60.6 Å². The van der Waals surface area contributed by atoms with E-state index < -0.39 is 0 Å². The zero-order valence-corrected chi connectivity index (χ0v) is 18.4. The van der Waals surface area contributed by atoms with Gasteiger partial charge in [-0.15, -0.1) is 0 Å². The molecule has 5 aromatic carbocycles. The number of benzene rings is 5. The molecule has 7 aromatic rings. The molecule has 33 heavy (non-hydrogen) atoms. The summed E-state index contributed by atoms with van der Waals surface area (Å²) in [5.41, 5.74) is 7.64. The summed E-state index contributed by atoms with van der Waals surface area (Å²) < 4.78 is 8.35. The van der Waals surface area contributed by atoms with Crippen molar-refractivity contribution in [3.05, 3.63) is 114 Å². The Morgan fingerprint density at radius 3 is 2.00 bits per heavy atom. The zero-order valence-electron chi connectivity index (χ0n) is 17.6. The van der Waals surface area contributed by atoms with Gasteiger partial charge in [-0.3, -0.25) is 0 Å². The largest absolute Gasteiger partial charge is 0.456 e.